The van der Waals surface area contributed by atoms with Gasteiger partial charge in [0.05, 0.1) is 11.5 Å². The van der Waals surface area contributed by atoms with Crippen LogP contribution in [0.5, 0.6) is 0 Å². The lowest BCUT2D eigenvalue weighted by atomic mass is 9.33. The van der Waals surface area contributed by atoms with E-state index in [4.69, 9.17) is 0 Å². The minimum Gasteiger partial charge on any atom is -0.392 e. The van der Waals surface area contributed by atoms with Crippen molar-refractivity contribution in [2.24, 2.45) is 50.2 Å². The third-order valence-corrected chi connectivity index (χ3v) is 12.7. The van der Waals surface area contributed by atoms with Crippen LogP contribution in [0.1, 0.15) is 106 Å². The molecule has 0 amide bonds. The Labute approximate surface area is 201 Å². The Morgan fingerprint density at radius 3 is 2.30 bits per heavy atom. The second kappa shape index (κ2) is 6.83. The van der Waals surface area contributed by atoms with Crippen LogP contribution in [0, 0.1) is 50.2 Å². The van der Waals surface area contributed by atoms with Gasteiger partial charge in [-0.05, 0) is 90.8 Å². The number of hydrogen-bond donors (Lipinski definition) is 1. The molecule has 0 bridgehead atoms. The van der Waals surface area contributed by atoms with Crippen molar-refractivity contribution < 1.29 is 14.7 Å². The molecule has 184 valence electrons. The monoisotopic (exact) mass is 454 g/mol. The highest BCUT2D eigenvalue weighted by molar-refractivity contribution is 5.85. The number of aliphatic hydroxyl groups excluding tert-OH is 1. The summed E-state index contributed by atoms with van der Waals surface area (Å²) in [5, 5.41) is 11.6. The Balaban J connectivity index is 1.62. The first-order valence-electron chi connectivity index (χ1n) is 13.6. The van der Waals surface area contributed by atoms with E-state index in [2.05, 4.69) is 54.5 Å². The van der Waals surface area contributed by atoms with E-state index in [0.29, 0.717) is 30.5 Å². The maximum Gasteiger partial charge on any atom is 0.138 e. The summed E-state index contributed by atoms with van der Waals surface area (Å²) in [6.07, 6.45) is 11.6. The SMILES string of the molecule is CC1(C)CC[C@]2(C=O)[C@@H](O)C[C@]3(C)C(=CC[C@@H]4[C@@]5(C)CCC(=O)C(C)(C)[C@@H]5CC[C@]43C)[C@@H]2C1. The van der Waals surface area contributed by atoms with Crippen LogP contribution < -0.4 is 0 Å². The van der Waals surface area contributed by atoms with Crippen LogP contribution in [0.3, 0.4) is 0 Å². The summed E-state index contributed by atoms with van der Waals surface area (Å²) in [5.74, 6) is 1.54. The summed E-state index contributed by atoms with van der Waals surface area (Å²) in [7, 11) is 0. The molecule has 0 unspecified atom stereocenters. The number of aliphatic hydroxyl groups is 1. The van der Waals surface area contributed by atoms with Gasteiger partial charge in [-0.3, -0.25) is 4.79 Å². The smallest absolute Gasteiger partial charge is 0.138 e. The molecule has 5 rings (SSSR count). The van der Waals surface area contributed by atoms with Crippen molar-refractivity contribution in [2.45, 2.75) is 112 Å². The molecule has 0 radical (unpaired) electrons. The molecule has 0 aromatic rings. The maximum atomic E-state index is 12.9. The minimum atomic E-state index is -0.607. The molecule has 5 aliphatic rings. The van der Waals surface area contributed by atoms with Gasteiger partial charge in [0.25, 0.3) is 0 Å². The fourth-order valence-electron chi connectivity index (χ4n) is 10.4. The van der Waals surface area contributed by atoms with Crippen LogP contribution in [0.25, 0.3) is 0 Å². The minimum absolute atomic E-state index is 0.0798. The first-order chi connectivity index (χ1) is 15.2. The second-order valence-corrected chi connectivity index (χ2v) is 14.8. The van der Waals surface area contributed by atoms with Crippen molar-refractivity contribution in [3.05, 3.63) is 11.6 Å². The predicted octanol–water partition coefficient (Wildman–Crippen LogP) is 6.53. The van der Waals surface area contributed by atoms with Crippen molar-refractivity contribution in [1.29, 1.82) is 0 Å². The van der Waals surface area contributed by atoms with Crippen LogP contribution in [0.4, 0.5) is 0 Å². The molecule has 0 aromatic carbocycles. The standard InChI is InChI=1S/C30H46O3/c1-25(2)14-15-30(18-31)20(16-25)19-8-9-22-27(5)12-11-23(32)26(3,4)21(27)10-13-28(22,6)29(19,7)17-24(30)33/h8,18,20-22,24,33H,9-17H2,1-7H3/t20-,21-,22+,24-,27-,28+,29+,30+/m0/s1. The molecule has 3 nitrogen and oxygen atoms in total. The third kappa shape index (κ3) is 2.78. The maximum absolute atomic E-state index is 12.9. The number of rotatable bonds is 1. The van der Waals surface area contributed by atoms with Gasteiger partial charge in [-0.1, -0.05) is 60.1 Å². The fourth-order valence-corrected chi connectivity index (χ4v) is 10.4. The molecule has 0 heterocycles. The van der Waals surface area contributed by atoms with Crippen LogP contribution in [0.2, 0.25) is 0 Å². The van der Waals surface area contributed by atoms with Gasteiger partial charge in [-0.25, -0.2) is 0 Å². The van der Waals surface area contributed by atoms with E-state index in [9.17, 15) is 14.7 Å². The average molecular weight is 455 g/mol. The molecule has 0 aliphatic heterocycles. The topological polar surface area (TPSA) is 54.4 Å². The highest BCUT2D eigenvalue weighted by Gasteiger charge is 2.69. The van der Waals surface area contributed by atoms with Gasteiger partial charge < -0.3 is 9.90 Å². The Morgan fingerprint density at radius 1 is 0.939 bits per heavy atom. The number of allylic oxidation sites excluding steroid dienone is 2. The molecule has 4 fully saturated rings. The van der Waals surface area contributed by atoms with E-state index in [0.717, 1.165) is 51.2 Å². The van der Waals surface area contributed by atoms with E-state index in [1.165, 1.54) is 5.57 Å². The van der Waals surface area contributed by atoms with E-state index in [-0.39, 0.29) is 33.0 Å². The molecule has 0 aromatic heterocycles. The molecule has 4 saturated carbocycles. The number of hydrogen-bond acceptors (Lipinski definition) is 3. The normalized spacial score (nSPS) is 52.5. The van der Waals surface area contributed by atoms with Gasteiger partial charge in [-0.15, -0.1) is 0 Å². The zero-order valence-corrected chi connectivity index (χ0v) is 22.1. The Morgan fingerprint density at radius 2 is 1.64 bits per heavy atom. The quantitative estimate of drug-likeness (QED) is 0.362. The molecule has 5 aliphatic carbocycles. The predicted molar refractivity (Wildman–Crippen MR) is 131 cm³/mol. The molecule has 0 spiro atoms. The Hall–Kier alpha value is -0.960. The summed E-state index contributed by atoms with van der Waals surface area (Å²) in [6.45, 7) is 16.5. The van der Waals surface area contributed by atoms with Crippen LogP contribution >= 0.6 is 0 Å². The first kappa shape index (κ1) is 23.8. The molecule has 0 saturated heterocycles. The Bertz CT molecular complexity index is 914. The van der Waals surface area contributed by atoms with Crippen molar-refractivity contribution in [1.82, 2.24) is 0 Å². The summed E-state index contributed by atoms with van der Waals surface area (Å²) >= 11 is 0. The lowest BCUT2D eigenvalue weighted by molar-refractivity contribution is -0.197. The lowest BCUT2D eigenvalue weighted by Gasteiger charge is -2.71. The van der Waals surface area contributed by atoms with Crippen LogP contribution in [-0.2, 0) is 9.59 Å². The van der Waals surface area contributed by atoms with Gasteiger partial charge in [0.15, 0.2) is 0 Å². The molecular formula is C30H46O3. The van der Waals surface area contributed by atoms with Gasteiger partial charge >= 0.3 is 0 Å². The number of aldehydes is 1. The van der Waals surface area contributed by atoms with Crippen LogP contribution in [0.15, 0.2) is 11.6 Å². The van der Waals surface area contributed by atoms with Gasteiger partial charge in [0.1, 0.15) is 12.1 Å². The highest BCUT2D eigenvalue weighted by atomic mass is 16.3. The molecule has 3 heteroatoms. The van der Waals surface area contributed by atoms with E-state index < -0.39 is 11.5 Å². The fraction of sp³-hybridized carbons (Fsp3) is 0.867. The van der Waals surface area contributed by atoms with Crippen molar-refractivity contribution >= 4 is 12.1 Å². The second-order valence-electron chi connectivity index (χ2n) is 14.8. The van der Waals surface area contributed by atoms with Crippen molar-refractivity contribution in [3.8, 4) is 0 Å². The number of ketones is 1. The van der Waals surface area contributed by atoms with Gasteiger partial charge in [-0.2, -0.15) is 0 Å². The van der Waals surface area contributed by atoms with Crippen molar-refractivity contribution in [2.75, 3.05) is 0 Å². The lowest BCUT2D eigenvalue weighted by Crippen LogP contribution is -2.66. The number of fused-ring (bicyclic) bond motifs is 7. The van der Waals surface area contributed by atoms with E-state index in [1.807, 2.05) is 0 Å². The summed E-state index contributed by atoms with van der Waals surface area (Å²) in [4.78, 5) is 25.5. The molecular weight excluding hydrogens is 408 g/mol. The summed E-state index contributed by atoms with van der Waals surface area (Å²) in [6, 6.07) is 0. The highest BCUT2D eigenvalue weighted by Crippen LogP contribution is 2.75. The molecule has 33 heavy (non-hydrogen) atoms. The third-order valence-electron chi connectivity index (χ3n) is 12.7. The Kier molecular flexibility index (Phi) is 4.92. The number of carbonyl (C=O) groups is 2. The van der Waals surface area contributed by atoms with E-state index >= 15 is 0 Å². The van der Waals surface area contributed by atoms with Crippen LogP contribution in [-0.4, -0.2) is 23.3 Å². The summed E-state index contributed by atoms with van der Waals surface area (Å²) < 4.78 is 0. The largest absolute Gasteiger partial charge is 0.392 e. The zero-order valence-electron chi connectivity index (χ0n) is 22.1. The van der Waals surface area contributed by atoms with Gasteiger partial charge in [0.2, 0.25) is 0 Å². The van der Waals surface area contributed by atoms with Gasteiger partial charge in [0, 0.05) is 11.8 Å². The average Bonchev–Trinajstić information content (AvgIpc) is 2.71. The molecule has 1 N–H and O–H groups in total. The van der Waals surface area contributed by atoms with Crippen molar-refractivity contribution in [3.63, 3.8) is 0 Å². The number of carbonyl (C=O) groups excluding carboxylic acids is 2. The zero-order chi connectivity index (χ0) is 24.2. The molecule has 8 atom stereocenters. The van der Waals surface area contributed by atoms with E-state index in [1.54, 1.807) is 0 Å². The summed E-state index contributed by atoms with van der Waals surface area (Å²) in [5.41, 5.74) is 0.960. The number of Topliss-reactive ketones (excluding diaryl/α,β-unsaturated/α-hetero) is 1. The first-order valence-corrected chi connectivity index (χ1v) is 13.6.